The van der Waals surface area contributed by atoms with Crippen LogP contribution in [0.1, 0.15) is 29.8 Å². The Kier molecular flexibility index (Phi) is 4.93. The first-order chi connectivity index (χ1) is 9.19. The van der Waals surface area contributed by atoms with Crippen molar-refractivity contribution in [1.82, 2.24) is 14.9 Å². The molecule has 19 heavy (non-hydrogen) atoms. The van der Waals surface area contributed by atoms with Crippen LogP contribution in [-0.4, -0.2) is 16.1 Å². The molecule has 0 aliphatic heterocycles. The molecule has 0 radical (unpaired) electrons. The number of aromatic nitrogens is 2. The average molecular weight is 283 g/mol. The molecule has 0 saturated heterocycles. The molecule has 3 nitrogen and oxygen atoms in total. The van der Waals surface area contributed by atoms with Crippen LogP contribution in [0, 0.1) is 11.6 Å². The second kappa shape index (κ2) is 6.68. The number of halogens is 2. The van der Waals surface area contributed by atoms with E-state index in [1.54, 1.807) is 6.20 Å². The van der Waals surface area contributed by atoms with E-state index in [1.807, 2.05) is 0 Å². The molecule has 2 rings (SSSR count). The molecule has 6 heteroatoms. The molecule has 0 bridgehead atoms. The van der Waals surface area contributed by atoms with Gasteiger partial charge < -0.3 is 5.32 Å². The Morgan fingerprint density at radius 1 is 1.26 bits per heavy atom. The molecule has 0 amide bonds. The van der Waals surface area contributed by atoms with Gasteiger partial charge in [-0.25, -0.2) is 8.78 Å². The fourth-order valence-electron chi connectivity index (χ4n) is 1.88. The Labute approximate surface area is 114 Å². The van der Waals surface area contributed by atoms with Crippen LogP contribution in [0.3, 0.4) is 0 Å². The van der Waals surface area contributed by atoms with Crippen LogP contribution in [0.25, 0.3) is 0 Å². The zero-order valence-electron chi connectivity index (χ0n) is 10.6. The van der Waals surface area contributed by atoms with Gasteiger partial charge in [0.25, 0.3) is 0 Å². The lowest BCUT2D eigenvalue weighted by Gasteiger charge is -2.16. The monoisotopic (exact) mass is 283 g/mol. The number of hydrogen-bond donors (Lipinski definition) is 1. The summed E-state index contributed by atoms with van der Waals surface area (Å²) in [4.78, 5) is 0.970. The first-order valence-corrected chi connectivity index (χ1v) is 6.92. The van der Waals surface area contributed by atoms with E-state index in [9.17, 15) is 8.78 Å². The van der Waals surface area contributed by atoms with Gasteiger partial charge in [-0.05, 0) is 48.6 Å². The Bertz CT molecular complexity index is 496. The van der Waals surface area contributed by atoms with Gasteiger partial charge in [0, 0.05) is 12.1 Å². The maximum absolute atomic E-state index is 13.2. The number of hydrogen-bond acceptors (Lipinski definition) is 4. The Morgan fingerprint density at radius 3 is 2.58 bits per heavy atom. The number of benzene rings is 1. The summed E-state index contributed by atoms with van der Waals surface area (Å²) < 4.78 is 30.2. The van der Waals surface area contributed by atoms with Crippen LogP contribution in [0.4, 0.5) is 8.78 Å². The number of nitrogens with one attached hydrogen (secondary N) is 1. The lowest BCUT2D eigenvalue weighted by molar-refractivity contribution is 0.528. The Hall–Kier alpha value is -1.40. The summed E-state index contributed by atoms with van der Waals surface area (Å²) in [5.41, 5.74) is 0.625. The van der Waals surface area contributed by atoms with Crippen molar-refractivity contribution in [2.24, 2.45) is 0 Å². The van der Waals surface area contributed by atoms with E-state index in [4.69, 9.17) is 0 Å². The fraction of sp³-hybridized carbons (Fsp3) is 0.385. The zero-order valence-corrected chi connectivity index (χ0v) is 11.4. The summed E-state index contributed by atoms with van der Waals surface area (Å²) in [7, 11) is 0. The van der Waals surface area contributed by atoms with Gasteiger partial charge in [-0.3, -0.25) is 0 Å². The van der Waals surface area contributed by atoms with Gasteiger partial charge in [0.2, 0.25) is 0 Å². The molecule has 0 saturated carbocycles. The van der Waals surface area contributed by atoms with Gasteiger partial charge in [-0.15, -0.1) is 5.10 Å². The molecule has 102 valence electrons. The summed E-state index contributed by atoms with van der Waals surface area (Å²) in [5, 5.41) is 7.15. The third-order valence-corrected chi connectivity index (χ3v) is 3.50. The van der Waals surface area contributed by atoms with E-state index < -0.39 is 11.6 Å². The second-order valence-corrected chi connectivity index (χ2v) is 5.13. The second-order valence-electron chi connectivity index (χ2n) is 4.31. The standard InChI is InChI=1S/C13H15F2N3S/c1-2-3-16-12(13-8-17-18-19-13)6-9-4-10(14)7-11(15)5-9/h4-5,7-8,12,16H,2-3,6H2,1H3. The maximum Gasteiger partial charge on any atom is 0.126 e. The van der Waals surface area contributed by atoms with Crippen molar-refractivity contribution in [3.8, 4) is 0 Å². The molecule has 1 unspecified atom stereocenters. The van der Waals surface area contributed by atoms with E-state index in [0.29, 0.717) is 12.0 Å². The minimum Gasteiger partial charge on any atom is -0.309 e. The van der Waals surface area contributed by atoms with Crippen molar-refractivity contribution in [3.05, 3.63) is 46.5 Å². The van der Waals surface area contributed by atoms with Crippen molar-refractivity contribution in [3.63, 3.8) is 0 Å². The smallest absolute Gasteiger partial charge is 0.126 e. The number of rotatable bonds is 6. The Balaban J connectivity index is 2.15. The summed E-state index contributed by atoms with van der Waals surface area (Å²) >= 11 is 1.30. The lowest BCUT2D eigenvalue weighted by atomic mass is 10.0. The van der Waals surface area contributed by atoms with Crippen molar-refractivity contribution in [2.75, 3.05) is 6.54 Å². The first-order valence-electron chi connectivity index (χ1n) is 6.14. The molecule has 0 aliphatic rings. The lowest BCUT2D eigenvalue weighted by Crippen LogP contribution is -2.23. The van der Waals surface area contributed by atoms with Gasteiger partial charge in [0.1, 0.15) is 11.6 Å². The summed E-state index contributed by atoms with van der Waals surface area (Å²) in [6.07, 6.45) is 3.19. The molecule has 1 atom stereocenters. The minimum absolute atomic E-state index is 0.0128. The summed E-state index contributed by atoms with van der Waals surface area (Å²) in [5.74, 6) is -1.10. The molecule has 0 spiro atoms. The van der Waals surface area contributed by atoms with Crippen LogP contribution in [0.15, 0.2) is 24.4 Å². The normalized spacial score (nSPS) is 12.6. The largest absolute Gasteiger partial charge is 0.309 e. The maximum atomic E-state index is 13.2. The third-order valence-electron chi connectivity index (χ3n) is 2.72. The molecule has 1 N–H and O–H groups in total. The molecule has 1 aromatic heterocycles. The van der Waals surface area contributed by atoms with Gasteiger partial charge >= 0.3 is 0 Å². The average Bonchev–Trinajstić information content (AvgIpc) is 2.87. The third kappa shape index (κ3) is 4.04. The Morgan fingerprint density at radius 2 is 2.00 bits per heavy atom. The van der Waals surface area contributed by atoms with E-state index >= 15 is 0 Å². The van der Waals surface area contributed by atoms with Gasteiger partial charge in [0.15, 0.2) is 0 Å². The van der Waals surface area contributed by atoms with Crippen LogP contribution in [-0.2, 0) is 6.42 Å². The summed E-state index contributed by atoms with van der Waals surface area (Å²) in [6, 6.07) is 3.59. The highest BCUT2D eigenvalue weighted by atomic mass is 32.1. The molecule has 2 aromatic rings. The molecule has 0 fully saturated rings. The van der Waals surface area contributed by atoms with Crippen LogP contribution < -0.4 is 5.32 Å². The van der Waals surface area contributed by atoms with E-state index in [-0.39, 0.29) is 6.04 Å². The van der Waals surface area contributed by atoms with Crippen molar-refractivity contribution in [1.29, 1.82) is 0 Å². The highest BCUT2D eigenvalue weighted by molar-refractivity contribution is 7.05. The topological polar surface area (TPSA) is 37.8 Å². The van der Waals surface area contributed by atoms with Gasteiger partial charge in [0.05, 0.1) is 11.1 Å². The van der Waals surface area contributed by atoms with E-state index in [0.717, 1.165) is 23.9 Å². The SMILES string of the molecule is CCCNC(Cc1cc(F)cc(F)c1)c1cnns1. The molecule has 0 aliphatic carbocycles. The van der Waals surface area contributed by atoms with Crippen LogP contribution >= 0.6 is 11.5 Å². The highest BCUT2D eigenvalue weighted by Gasteiger charge is 2.15. The molecule has 1 heterocycles. The predicted octanol–water partition coefficient (Wildman–Crippen LogP) is 3.10. The van der Waals surface area contributed by atoms with Crippen LogP contribution in [0.2, 0.25) is 0 Å². The van der Waals surface area contributed by atoms with Crippen molar-refractivity contribution in [2.45, 2.75) is 25.8 Å². The quantitative estimate of drug-likeness (QED) is 0.885. The van der Waals surface area contributed by atoms with E-state index in [2.05, 4.69) is 21.8 Å². The molecule has 1 aromatic carbocycles. The number of nitrogens with zero attached hydrogens (tertiary/aromatic N) is 2. The summed E-state index contributed by atoms with van der Waals surface area (Å²) in [6.45, 7) is 2.90. The van der Waals surface area contributed by atoms with Crippen LogP contribution in [0.5, 0.6) is 0 Å². The fourth-order valence-corrected chi connectivity index (χ4v) is 2.46. The highest BCUT2D eigenvalue weighted by Crippen LogP contribution is 2.21. The first kappa shape index (κ1) is 14.0. The predicted molar refractivity (Wildman–Crippen MR) is 71.0 cm³/mol. The van der Waals surface area contributed by atoms with Gasteiger partial charge in [-0.2, -0.15) is 0 Å². The minimum atomic E-state index is -0.549. The van der Waals surface area contributed by atoms with E-state index in [1.165, 1.54) is 23.7 Å². The van der Waals surface area contributed by atoms with Gasteiger partial charge in [-0.1, -0.05) is 11.4 Å². The molecular weight excluding hydrogens is 268 g/mol. The van der Waals surface area contributed by atoms with Crippen molar-refractivity contribution >= 4 is 11.5 Å². The zero-order chi connectivity index (χ0) is 13.7. The van der Waals surface area contributed by atoms with Crippen molar-refractivity contribution < 1.29 is 8.78 Å². The molecular formula is C13H15F2N3S.